The number of hydrogen-bond donors (Lipinski definition) is 1. The van der Waals surface area contributed by atoms with Crippen molar-refractivity contribution in [2.45, 2.75) is 12.8 Å². The summed E-state index contributed by atoms with van der Waals surface area (Å²) in [6, 6.07) is 1.04. The van der Waals surface area contributed by atoms with Crippen LogP contribution >= 0.6 is 15.9 Å². The summed E-state index contributed by atoms with van der Waals surface area (Å²) in [5, 5.41) is 8.60. The van der Waals surface area contributed by atoms with Gasteiger partial charge < -0.3 is 9.84 Å². The Morgan fingerprint density at radius 2 is 2.31 bits per heavy atom. The Bertz CT molecular complexity index is 412. The predicted molar refractivity (Wildman–Crippen MR) is 54.8 cm³/mol. The monoisotopic (exact) mass is 295 g/mol. The zero-order chi connectivity index (χ0) is 12.3. The summed E-state index contributed by atoms with van der Waals surface area (Å²) in [4.78, 5) is 14.3. The van der Waals surface area contributed by atoms with Gasteiger partial charge in [-0.2, -0.15) is 0 Å². The number of methoxy groups -OCH3 is 1. The lowest BCUT2D eigenvalue weighted by Crippen LogP contribution is -2.07. The van der Waals surface area contributed by atoms with E-state index in [1.54, 1.807) is 0 Å². The number of carboxylic acids is 1. The molecule has 1 N–H and O–H groups in total. The van der Waals surface area contributed by atoms with Crippen LogP contribution in [0.5, 0.6) is 5.88 Å². The van der Waals surface area contributed by atoms with Crippen molar-refractivity contribution in [1.82, 2.24) is 4.98 Å². The van der Waals surface area contributed by atoms with Crippen LogP contribution in [-0.2, 0) is 11.2 Å². The molecule has 0 fully saturated rings. The highest BCUT2D eigenvalue weighted by molar-refractivity contribution is 9.10. The van der Waals surface area contributed by atoms with E-state index in [9.17, 15) is 13.6 Å². The summed E-state index contributed by atoms with van der Waals surface area (Å²) in [6.07, 6.45) is -3.29. The van der Waals surface area contributed by atoms with Gasteiger partial charge in [-0.05, 0) is 15.9 Å². The maximum absolute atomic E-state index is 12.7. The van der Waals surface area contributed by atoms with Gasteiger partial charge >= 0.3 is 5.97 Å². The normalized spacial score (nSPS) is 10.6. The third-order valence-electron chi connectivity index (χ3n) is 1.86. The van der Waals surface area contributed by atoms with Crippen molar-refractivity contribution < 1.29 is 23.4 Å². The number of pyridine rings is 1. The Kier molecular flexibility index (Phi) is 4.17. The number of carboxylic acid groups (broad SMARTS) is 1. The van der Waals surface area contributed by atoms with E-state index >= 15 is 0 Å². The molecule has 0 saturated carbocycles. The van der Waals surface area contributed by atoms with Gasteiger partial charge in [0.2, 0.25) is 5.88 Å². The summed E-state index contributed by atoms with van der Waals surface area (Å²) in [5.41, 5.74) is -0.426. The molecule has 0 unspecified atom stereocenters. The molecule has 0 amide bonds. The van der Waals surface area contributed by atoms with Crippen LogP contribution in [0, 0.1) is 0 Å². The fourth-order valence-electron chi connectivity index (χ4n) is 1.16. The summed E-state index contributed by atoms with van der Waals surface area (Å²) in [7, 11) is 1.29. The number of rotatable bonds is 4. The molecule has 0 aliphatic heterocycles. The maximum atomic E-state index is 12.7. The molecule has 4 nitrogen and oxygen atoms in total. The molecule has 0 aliphatic carbocycles. The minimum absolute atomic E-state index is 0.0105. The minimum atomic E-state index is -2.78. The Morgan fingerprint density at radius 3 is 2.75 bits per heavy atom. The largest absolute Gasteiger partial charge is 0.481 e. The van der Waals surface area contributed by atoms with E-state index in [-0.39, 0.29) is 21.6 Å². The number of aliphatic carboxylic acids is 1. The third kappa shape index (κ3) is 2.88. The van der Waals surface area contributed by atoms with Gasteiger partial charge in [0.25, 0.3) is 6.43 Å². The van der Waals surface area contributed by atoms with Gasteiger partial charge in [-0.3, -0.25) is 4.79 Å². The van der Waals surface area contributed by atoms with E-state index in [0.717, 1.165) is 6.07 Å². The third-order valence-corrected chi connectivity index (χ3v) is 2.51. The summed E-state index contributed by atoms with van der Waals surface area (Å²) in [6.45, 7) is 0. The van der Waals surface area contributed by atoms with Crippen LogP contribution in [0.4, 0.5) is 8.78 Å². The lowest BCUT2D eigenvalue weighted by atomic mass is 10.1. The van der Waals surface area contributed by atoms with E-state index < -0.39 is 18.8 Å². The molecule has 88 valence electrons. The van der Waals surface area contributed by atoms with Gasteiger partial charge in [-0.1, -0.05) is 0 Å². The second kappa shape index (κ2) is 5.20. The summed E-state index contributed by atoms with van der Waals surface area (Å²) in [5.74, 6) is -1.19. The Balaban J connectivity index is 3.27. The van der Waals surface area contributed by atoms with E-state index in [1.807, 2.05) is 0 Å². The number of halogens is 3. The number of ether oxygens (including phenoxy) is 1. The van der Waals surface area contributed by atoms with Crippen LogP contribution in [0.3, 0.4) is 0 Å². The minimum Gasteiger partial charge on any atom is -0.481 e. The van der Waals surface area contributed by atoms with Crippen molar-refractivity contribution in [3.05, 3.63) is 21.8 Å². The van der Waals surface area contributed by atoms with Crippen molar-refractivity contribution in [3.8, 4) is 5.88 Å². The van der Waals surface area contributed by atoms with Crippen LogP contribution in [0.15, 0.2) is 10.7 Å². The summed E-state index contributed by atoms with van der Waals surface area (Å²) < 4.78 is 30.1. The molecule has 7 heteroatoms. The molecule has 1 heterocycles. The van der Waals surface area contributed by atoms with Crippen molar-refractivity contribution in [2.75, 3.05) is 7.11 Å². The zero-order valence-corrected chi connectivity index (χ0v) is 9.79. The molecular weight excluding hydrogens is 288 g/mol. The second-order valence-corrected chi connectivity index (χ2v) is 3.65. The van der Waals surface area contributed by atoms with Crippen LogP contribution in [0.1, 0.15) is 17.6 Å². The first-order valence-corrected chi connectivity index (χ1v) is 4.98. The quantitative estimate of drug-likeness (QED) is 0.867. The Hall–Kier alpha value is -1.24. The molecule has 0 radical (unpaired) electrons. The van der Waals surface area contributed by atoms with Crippen molar-refractivity contribution in [3.63, 3.8) is 0 Å². The molecular formula is C9H8BrF2NO3. The van der Waals surface area contributed by atoms with Crippen molar-refractivity contribution in [2.24, 2.45) is 0 Å². The Labute approximate surface area is 98.4 Å². The molecule has 1 aromatic rings. The smallest absolute Gasteiger partial charge is 0.307 e. The van der Waals surface area contributed by atoms with E-state index in [1.165, 1.54) is 7.11 Å². The van der Waals surface area contributed by atoms with Crippen LogP contribution in [0.2, 0.25) is 0 Å². The SMILES string of the molecule is COc1cc(C(F)F)c(CC(=O)O)c(Br)n1. The van der Waals surface area contributed by atoms with Crippen LogP contribution in [-0.4, -0.2) is 23.2 Å². The van der Waals surface area contributed by atoms with Gasteiger partial charge in [0.1, 0.15) is 4.60 Å². The first-order chi connectivity index (χ1) is 7.45. The van der Waals surface area contributed by atoms with E-state index in [4.69, 9.17) is 9.84 Å². The standard InChI is InChI=1S/C9H8BrF2NO3/c1-16-6-2-5(9(11)12)4(3-7(14)15)8(10)13-6/h2,9H,3H2,1H3,(H,14,15). The zero-order valence-electron chi connectivity index (χ0n) is 8.21. The maximum Gasteiger partial charge on any atom is 0.307 e. The van der Waals surface area contributed by atoms with Crippen LogP contribution < -0.4 is 4.74 Å². The molecule has 0 spiro atoms. The number of alkyl halides is 2. The highest BCUT2D eigenvalue weighted by atomic mass is 79.9. The summed E-state index contributed by atoms with van der Waals surface area (Å²) >= 11 is 2.95. The topological polar surface area (TPSA) is 59.4 Å². The molecule has 0 aromatic carbocycles. The number of hydrogen-bond acceptors (Lipinski definition) is 3. The number of nitrogens with zero attached hydrogens (tertiary/aromatic N) is 1. The highest BCUT2D eigenvalue weighted by Gasteiger charge is 2.20. The van der Waals surface area contributed by atoms with Crippen LogP contribution in [0.25, 0.3) is 0 Å². The highest BCUT2D eigenvalue weighted by Crippen LogP contribution is 2.31. The predicted octanol–water partition coefficient (Wildman–Crippen LogP) is 2.42. The second-order valence-electron chi connectivity index (χ2n) is 2.89. The van der Waals surface area contributed by atoms with Gasteiger partial charge in [-0.15, -0.1) is 0 Å². The van der Waals surface area contributed by atoms with E-state index in [2.05, 4.69) is 20.9 Å². The van der Waals surface area contributed by atoms with Gasteiger partial charge in [0.05, 0.1) is 13.5 Å². The number of carbonyl (C=O) groups is 1. The molecule has 1 aromatic heterocycles. The van der Waals surface area contributed by atoms with Gasteiger partial charge in [0, 0.05) is 17.2 Å². The molecule has 0 atom stereocenters. The first-order valence-electron chi connectivity index (χ1n) is 4.19. The van der Waals surface area contributed by atoms with Crippen molar-refractivity contribution >= 4 is 21.9 Å². The average Bonchev–Trinajstić information content (AvgIpc) is 2.19. The Morgan fingerprint density at radius 1 is 1.69 bits per heavy atom. The average molecular weight is 296 g/mol. The molecule has 0 aliphatic rings. The first kappa shape index (κ1) is 12.8. The fourth-order valence-corrected chi connectivity index (χ4v) is 1.71. The van der Waals surface area contributed by atoms with E-state index in [0.29, 0.717) is 0 Å². The van der Waals surface area contributed by atoms with Gasteiger partial charge in [-0.25, -0.2) is 13.8 Å². The van der Waals surface area contributed by atoms with Crippen molar-refractivity contribution in [1.29, 1.82) is 0 Å². The molecule has 16 heavy (non-hydrogen) atoms. The van der Waals surface area contributed by atoms with Gasteiger partial charge in [0.15, 0.2) is 0 Å². The molecule has 0 bridgehead atoms. The number of aromatic nitrogens is 1. The molecule has 1 rings (SSSR count). The lowest BCUT2D eigenvalue weighted by molar-refractivity contribution is -0.136. The molecule has 0 saturated heterocycles. The fraction of sp³-hybridized carbons (Fsp3) is 0.333. The lowest BCUT2D eigenvalue weighted by Gasteiger charge is -2.10.